The molecule has 1 aliphatic heterocycles. The average Bonchev–Trinajstić information content (AvgIpc) is 2.56. The molecule has 0 amide bonds. The molecule has 0 radical (unpaired) electrons. The molecule has 1 atom stereocenters. The molecule has 1 N–H and O–H groups in total. The molecule has 1 heterocycles. The first-order chi connectivity index (χ1) is 11.1. The summed E-state index contributed by atoms with van der Waals surface area (Å²) in [5, 5.41) is 3.26. The highest BCUT2D eigenvalue weighted by Crippen LogP contribution is 2.38. The maximum Gasteiger partial charge on any atom is 0.161 e. The van der Waals surface area contributed by atoms with Crippen molar-refractivity contribution in [3.05, 3.63) is 58.7 Å². The predicted octanol–water partition coefficient (Wildman–Crippen LogP) is 3.61. The van der Waals surface area contributed by atoms with E-state index in [1.165, 1.54) is 6.07 Å². The van der Waals surface area contributed by atoms with Gasteiger partial charge < -0.3 is 14.8 Å². The Hall–Kier alpha value is -2.14. The number of methoxy groups -OCH3 is 1. The van der Waals surface area contributed by atoms with Crippen LogP contribution in [0.2, 0.25) is 0 Å². The Labute approximate surface area is 134 Å². The summed E-state index contributed by atoms with van der Waals surface area (Å²) in [7, 11) is 1.59. The zero-order valence-corrected chi connectivity index (χ0v) is 13.2. The van der Waals surface area contributed by atoms with Crippen LogP contribution in [-0.4, -0.2) is 20.3 Å². The molecule has 0 aliphatic carbocycles. The minimum atomic E-state index is -0.450. The van der Waals surface area contributed by atoms with Gasteiger partial charge in [0.1, 0.15) is 11.6 Å². The summed E-state index contributed by atoms with van der Waals surface area (Å²) in [6.07, 6.45) is 0.797. The Morgan fingerprint density at radius 2 is 1.96 bits per heavy atom. The second-order valence-electron chi connectivity index (χ2n) is 5.44. The second kappa shape index (κ2) is 6.54. The van der Waals surface area contributed by atoms with Crippen molar-refractivity contribution in [2.75, 3.05) is 20.3 Å². The first-order valence-corrected chi connectivity index (χ1v) is 7.66. The van der Waals surface area contributed by atoms with E-state index >= 15 is 0 Å². The molecule has 0 spiro atoms. The van der Waals surface area contributed by atoms with Crippen molar-refractivity contribution < 1.29 is 18.3 Å². The van der Waals surface area contributed by atoms with Crippen LogP contribution in [0.4, 0.5) is 8.78 Å². The zero-order valence-electron chi connectivity index (χ0n) is 13.2. The van der Waals surface area contributed by atoms with Gasteiger partial charge in [-0.25, -0.2) is 8.78 Å². The van der Waals surface area contributed by atoms with E-state index in [4.69, 9.17) is 9.47 Å². The first-order valence-electron chi connectivity index (χ1n) is 7.66. The van der Waals surface area contributed by atoms with E-state index in [-0.39, 0.29) is 0 Å². The van der Waals surface area contributed by atoms with Crippen LogP contribution in [0.3, 0.4) is 0 Å². The first kappa shape index (κ1) is 15.7. The SMILES string of the molecule is CCOc1cc2c(cc1OC)CCNC2c1cc(F)ccc1F. The van der Waals surface area contributed by atoms with E-state index in [1.807, 2.05) is 19.1 Å². The smallest absolute Gasteiger partial charge is 0.161 e. The molecule has 1 aliphatic rings. The molecular formula is C18H19F2NO2. The van der Waals surface area contributed by atoms with Crippen LogP contribution in [0, 0.1) is 11.6 Å². The van der Waals surface area contributed by atoms with Gasteiger partial charge in [-0.2, -0.15) is 0 Å². The summed E-state index contributed by atoms with van der Waals surface area (Å²) in [6.45, 7) is 3.08. The number of halogens is 2. The van der Waals surface area contributed by atoms with E-state index in [0.717, 1.165) is 29.7 Å². The van der Waals surface area contributed by atoms with E-state index in [2.05, 4.69) is 5.32 Å². The van der Waals surface area contributed by atoms with E-state index < -0.39 is 17.7 Å². The summed E-state index contributed by atoms with van der Waals surface area (Å²) in [5.74, 6) is 0.393. The van der Waals surface area contributed by atoms with Gasteiger partial charge in [0.25, 0.3) is 0 Å². The van der Waals surface area contributed by atoms with Crippen molar-refractivity contribution >= 4 is 0 Å². The molecular weight excluding hydrogens is 300 g/mol. The number of hydrogen-bond acceptors (Lipinski definition) is 3. The second-order valence-corrected chi connectivity index (χ2v) is 5.44. The molecule has 5 heteroatoms. The molecule has 122 valence electrons. The van der Waals surface area contributed by atoms with Gasteiger partial charge in [0.2, 0.25) is 0 Å². The van der Waals surface area contributed by atoms with Crippen molar-refractivity contribution in [2.45, 2.75) is 19.4 Å². The average molecular weight is 319 g/mol. The van der Waals surface area contributed by atoms with Crippen LogP contribution in [0.5, 0.6) is 11.5 Å². The lowest BCUT2D eigenvalue weighted by atomic mass is 9.89. The highest BCUT2D eigenvalue weighted by Gasteiger charge is 2.26. The fourth-order valence-electron chi connectivity index (χ4n) is 3.01. The third kappa shape index (κ3) is 3.01. The van der Waals surface area contributed by atoms with Gasteiger partial charge in [0, 0.05) is 12.1 Å². The maximum absolute atomic E-state index is 14.2. The number of fused-ring (bicyclic) bond motifs is 1. The molecule has 2 aromatic carbocycles. The Morgan fingerprint density at radius 3 is 2.70 bits per heavy atom. The minimum Gasteiger partial charge on any atom is -0.493 e. The monoisotopic (exact) mass is 319 g/mol. The van der Waals surface area contributed by atoms with Crippen LogP contribution in [-0.2, 0) is 6.42 Å². The van der Waals surface area contributed by atoms with Crippen LogP contribution in [0.25, 0.3) is 0 Å². The lowest BCUT2D eigenvalue weighted by Gasteiger charge is -2.29. The molecule has 2 aromatic rings. The van der Waals surface area contributed by atoms with Gasteiger partial charge >= 0.3 is 0 Å². The summed E-state index contributed by atoms with van der Waals surface area (Å²) in [4.78, 5) is 0. The van der Waals surface area contributed by atoms with Crippen molar-refractivity contribution in [1.82, 2.24) is 5.32 Å². The highest BCUT2D eigenvalue weighted by atomic mass is 19.1. The molecule has 1 unspecified atom stereocenters. The van der Waals surface area contributed by atoms with Crippen LogP contribution in [0.15, 0.2) is 30.3 Å². The van der Waals surface area contributed by atoms with E-state index in [9.17, 15) is 8.78 Å². The normalized spacial score (nSPS) is 16.8. The third-order valence-electron chi connectivity index (χ3n) is 4.05. The van der Waals surface area contributed by atoms with Gasteiger partial charge in [-0.15, -0.1) is 0 Å². The molecule has 23 heavy (non-hydrogen) atoms. The largest absolute Gasteiger partial charge is 0.493 e. The molecule has 3 nitrogen and oxygen atoms in total. The molecule has 0 saturated carbocycles. The van der Waals surface area contributed by atoms with Crippen LogP contribution in [0.1, 0.15) is 29.7 Å². The van der Waals surface area contributed by atoms with Crippen molar-refractivity contribution in [3.63, 3.8) is 0 Å². The third-order valence-corrected chi connectivity index (χ3v) is 4.05. The minimum absolute atomic E-state index is 0.304. The van der Waals surface area contributed by atoms with E-state index in [0.29, 0.717) is 30.2 Å². The molecule has 0 fully saturated rings. The van der Waals surface area contributed by atoms with Gasteiger partial charge in [-0.05, 0) is 54.8 Å². The van der Waals surface area contributed by atoms with E-state index in [1.54, 1.807) is 7.11 Å². The van der Waals surface area contributed by atoms with Crippen LogP contribution >= 0.6 is 0 Å². The maximum atomic E-state index is 14.2. The Balaban J connectivity index is 2.11. The topological polar surface area (TPSA) is 30.5 Å². The molecule has 0 bridgehead atoms. The van der Waals surface area contributed by atoms with Gasteiger partial charge in [0.15, 0.2) is 11.5 Å². The fourth-order valence-corrected chi connectivity index (χ4v) is 3.01. The summed E-state index contributed by atoms with van der Waals surface area (Å²) >= 11 is 0. The molecule has 0 aromatic heterocycles. The standard InChI is InChI=1S/C18H19F2NO2/c1-3-23-17-10-13-11(8-16(17)22-2)6-7-21-18(13)14-9-12(19)4-5-15(14)20/h4-5,8-10,18,21H,3,6-7H2,1-2H3. The summed E-state index contributed by atoms with van der Waals surface area (Å²) in [5.41, 5.74) is 2.25. The number of hydrogen-bond donors (Lipinski definition) is 1. The van der Waals surface area contributed by atoms with Gasteiger partial charge in [-0.1, -0.05) is 0 Å². The van der Waals surface area contributed by atoms with Gasteiger partial charge in [0.05, 0.1) is 19.8 Å². The Kier molecular flexibility index (Phi) is 4.48. The quantitative estimate of drug-likeness (QED) is 0.934. The molecule has 0 saturated heterocycles. The van der Waals surface area contributed by atoms with Gasteiger partial charge in [-0.3, -0.25) is 0 Å². The van der Waals surface area contributed by atoms with Crippen molar-refractivity contribution in [1.29, 1.82) is 0 Å². The summed E-state index contributed by atoms with van der Waals surface area (Å²) in [6, 6.07) is 6.91. The zero-order chi connectivity index (χ0) is 16.4. The number of benzene rings is 2. The Morgan fingerprint density at radius 1 is 1.13 bits per heavy atom. The highest BCUT2D eigenvalue weighted by molar-refractivity contribution is 5.51. The molecule has 3 rings (SSSR count). The summed E-state index contributed by atoms with van der Waals surface area (Å²) < 4.78 is 38.7. The fraction of sp³-hybridized carbons (Fsp3) is 0.333. The van der Waals surface area contributed by atoms with Crippen LogP contribution < -0.4 is 14.8 Å². The van der Waals surface area contributed by atoms with Crippen molar-refractivity contribution in [3.8, 4) is 11.5 Å². The number of rotatable bonds is 4. The lowest BCUT2D eigenvalue weighted by Crippen LogP contribution is -2.31. The number of nitrogens with one attached hydrogen (secondary N) is 1. The number of ether oxygens (including phenoxy) is 2. The van der Waals surface area contributed by atoms with Crippen molar-refractivity contribution in [2.24, 2.45) is 0 Å². The lowest BCUT2D eigenvalue weighted by molar-refractivity contribution is 0.309. The predicted molar refractivity (Wildman–Crippen MR) is 84.1 cm³/mol. The Bertz CT molecular complexity index is 718.